The normalized spacial score (nSPS) is 28.8. The van der Waals surface area contributed by atoms with Gasteiger partial charge in [-0.1, -0.05) is 6.42 Å². The van der Waals surface area contributed by atoms with Crippen molar-refractivity contribution in [2.24, 2.45) is 11.8 Å². The van der Waals surface area contributed by atoms with Gasteiger partial charge in [-0.3, -0.25) is 0 Å². The fraction of sp³-hybridized carbons (Fsp3) is 0.571. The number of fused-ring (bicyclic) bond motifs is 2. The van der Waals surface area contributed by atoms with Gasteiger partial charge >= 0.3 is 0 Å². The number of methoxy groups -OCH3 is 1. The zero-order chi connectivity index (χ0) is 14.3. The van der Waals surface area contributed by atoms with Crippen LogP contribution in [0.25, 0.3) is 0 Å². The molecule has 20 heavy (non-hydrogen) atoms. The van der Waals surface area contributed by atoms with Crippen molar-refractivity contribution in [3.8, 4) is 5.75 Å². The summed E-state index contributed by atoms with van der Waals surface area (Å²) in [5.74, 6) is 1.48. The molecule has 0 radical (unpaired) electrons. The second-order valence-electron chi connectivity index (χ2n) is 5.81. The van der Waals surface area contributed by atoms with Gasteiger partial charge < -0.3 is 10.5 Å². The molecule has 1 aromatic rings. The molecule has 110 valence electrons. The molecule has 6 heteroatoms. The predicted octanol–water partition coefficient (Wildman–Crippen LogP) is 1.74. The Balaban J connectivity index is 1.85. The van der Waals surface area contributed by atoms with Crippen molar-refractivity contribution in [3.05, 3.63) is 18.2 Å². The van der Waals surface area contributed by atoms with E-state index < -0.39 is 10.0 Å². The topological polar surface area (TPSA) is 81.4 Å². The lowest BCUT2D eigenvalue weighted by molar-refractivity contribution is 0.385. The van der Waals surface area contributed by atoms with E-state index in [1.54, 1.807) is 6.07 Å². The number of rotatable bonds is 4. The van der Waals surface area contributed by atoms with Crippen molar-refractivity contribution in [2.75, 3.05) is 12.8 Å². The Kier molecular flexibility index (Phi) is 3.38. The highest BCUT2D eigenvalue weighted by molar-refractivity contribution is 7.89. The highest BCUT2D eigenvalue weighted by Crippen LogP contribution is 2.45. The first-order valence-corrected chi connectivity index (χ1v) is 8.44. The molecule has 3 unspecified atom stereocenters. The Labute approximate surface area is 119 Å². The predicted molar refractivity (Wildman–Crippen MR) is 77.0 cm³/mol. The number of nitrogens with two attached hydrogens (primary N) is 1. The summed E-state index contributed by atoms with van der Waals surface area (Å²) in [6.45, 7) is 0. The highest BCUT2D eigenvalue weighted by atomic mass is 32.2. The van der Waals surface area contributed by atoms with Gasteiger partial charge in [0, 0.05) is 17.8 Å². The standard InChI is InChI=1S/C14H20N2O3S/c1-19-13-8-11(15)4-5-14(13)20(17,18)16-12-7-9-2-3-10(12)6-9/h4-5,8-10,12,16H,2-3,6-7,15H2,1H3. The van der Waals surface area contributed by atoms with Crippen LogP contribution in [0.4, 0.5) is 5.69 Å². The molecule has 3 atom stereocenters. The molecule has 0 aliphatic heterocycles. The van der Waals surface area contributed by atoms with Crippen LogP contribution in [0, 0.1) is 11.8 Å². The molecule has 0 heterocycles. The van der Waals surface area contributed by atoms with Crippen LogP contribution in [0.3, 0.4) is 0 Å². The molecule has 3 rings (SSSR count). The van der Waals surface area contributed by atoms with Crippen molar-refractivity contribution >= 4 is 15.7 Å². The van der Waals surface area contributed by atoms with Crippen molar-refractivity contribution in [2.45, 2.75) is 36.6 Å². The quantitative estimate of drug-likeness (QED) is 0.829. The van der Waals surface area contributed by atoms with E-state index in [1.807, 2.05) is 0 Å². The van der Waals surface area contributed by atoms with Crippen LogP contribution in [0.5, 0.6) is 5.75 Å². The van der Waals surface area contributed by atoms with Crippen LogP contribution in [-0.2, 0) is 10.0 Å². The van der Waals surface area contributed by atoms with E-state index in [1.165, 1.54) is 25.7 Å². The third-order valence-electron chi connectivity index (χ3n) is 4.52. The molecule has 2 aliphatic carbocycles. The maximum atomic E-state index is 12.5. The van der Waals surface area contributed by atoms with Crippen LogP contribution in [-0.4, -0.2) is 21.6 Å². The molecule has 2 bridgehead atoms. The molecule has 5 nitrogen and oxygen atoms in total. The average molecular weight is 296 g/mol. The van der Waals surface area contributed by atoms with Gasteiger partial charge in [0.15, 0.2) is 0 Å². The monoisotopic (exact) mass is 296 g/mol. The largest absolute Gasteiger partial charge is 0.495 e. The number of ether oxygens (including phenoxy) is 1. The van der Waals surface area contributed by atoms with Gasteiger partial charge in [-0.05, 0) is 43.2 Å². The summed E-state index contributed by atoms with van der Waals surface area (Å²) in [6.07, 6.45) is 4.50. The zero-order valence-corrected chi connectivity index (χ0v) is 12.3. The third kappa shape index (κ3) is 2.38. The van der Waals surface area contributed by atoms with E-state index >= 15 is 0 Å². The van der Waals surface area contributed by atoms with Crippen molar-refractivity contribution in [1.29, 1.82) is 0 Å². The SMILES string of the molecule is COc1cc(N)ccc1S(=O)(=O)NC1CC2CCC1C2. The molecule has 2 saturated carbocycles. The summed E-state index contributed by atoms with van der Waals surface area (Å²) in [7, 11) is -2.11. The number of hydrogen-bond acceptors (Lipinski definition) is 4. The van der Waals surface area contributed by atoms with Gasteiger partial charge in [0.1, 0.15) is 10.6 Å². The minimum atomic E-state index is -3.56. The molecule has 2 aliphatic rings. The van der Waals surface area contributed by atoms with Crippen LogP contribution < -0.4 is 15.2 Å². The summed E-state index contributed by atoms with van der Waals surface area (Å²) in [4.78, 5) is 0.164. The van der Waals surface area contributed by atoms with Crippen molar-refractivity contribution in [3.63, 3.8) is 0 Å². The second-order valence-corrected chi connectivity index (χ2v) is 7.50. The lowest BCUT2D eigenvalue weighted by atomic mass is 9.96. The van der Waals surface area contributed by atoms with Crippen LogP contribution in [0.15, 0.2) is 23.1 Å². The van der Waals surface area contributed by atoms with Crippen LogP contribution in [0.1, 0.15) is 25.7 Å². The van der Waals surface area contributed by atoms with E-state index in [0.717, 1.165) is 19.3 Å². The Morgan fingerprint density at radius 2 is 2.10 bits per heavy atom. The maximum Gasteiger partial charge on any atom is 0.244 e. The number of hydrogen-bond donors (Lipinski definition) is 2. The summed E-state index contributed by atoms with van der Waals surface area (Å²) in [5.41, 5.74) is 6.15. The Morgan fingerprint density at radius 1 is 1.30 bits per heavy atom. The minimum Gasteiger partial charge on any atom is -0.495 e. The van der Waals surface area contributed by atoms with Gasteiger partial charge in [-0.2, -0.15) is 0 Å². The first kappa shape index (κ1) is 13.7. The lowest BCUT2D eigenvalue weighted by Crippen LogP contribution is -2.38. The Hall–Kier alpha value is -1.27. The summed E-state index contributed by atoms with van der Waals surface area (Å²) < 4.78 is 33.0. The van der Waals surface area contributed by atoms with E-state index in [2.05, 4.69) is 4.72 Å². The Morgan fingerprint density at radius 3 is 2.70 bits per heavy atom. The van der Waals surface area contributed by atoms with Crippen LogP contribution >= 0.6 is 0 Å². The number of anilines is 1. The number of nitrogens with one attached hydrogen (secondary N) is 1. The molecule has 0 amide bonds. The molecule has 3 N–H and O–H groups in total. The van der Waals surface area contributed by atoms with Crippen LogP contribution in [0.2, 0.25) is 0 Å². The lowest BCUT2D eigenvalue weighted by Gasteiger charge is -2.23. The molecule has 2 fully saturated rings. The molecule has 1 aromatic carbocycles. The fourth-order valence-corrected chi connectivity index (χ4v) is 5.03. The van der Waals surface area contributed by atoms with Crippen molar-refractivity contribution < 1.29 is 13.2 Å². The molecule has 0 spiro atoms. The molecule has 0 saturated heterocycles. The van der Waals surface area contributed by atoms with Crippen molar-refractivity contribution in [1.82, 2.24) is 4.72 Å². The van der Waals surface area contributed by atoms with E-state index in [9.17, 15) is 8.42 Å². The maximum absolute atomic E-state index is 12.5. The van der Waals surface area contributed by atoms with E-state index in [-0.39, 0.29) is 10.9 Å². The first-order valence-electron chi connectivity index (χ1n) is 6.95. The number of nitrogen functional groups attached to an aromatic ring is 1. The van der Waals surface area contributed by atoms with Gasteiger partial charge in [0.2, 0.25) is 10.0 Å². The summed E-state index contributed by atoms with van der Waals surface area (Å²) >= 11 is 0. The van der Waals surface area contributed by atoms with Gasteiger partial charge in [0.05, 0.1) is 7.11 Å². The molecular weight excluding hydrogens is 276 g/mol. The van der Waals surface area contributed by atoms with Gasteiger partial charge in [0.25, 0.3) is 0 Å². The smallest absolute Gasteiger partial charge is 0.244 e. The summed E-state index contributed by atoms with van der Waals surface area (Å²) in [5, 5.41) is 0. The zero-order valence-electron chi connectivity index (χ0n) is 11.5. The van der Waals surface area contributed by atoms with Gasteiger partial charge in [-0.15, -0.1) is 0 Å². The fourth-order valence-electron chi connectivity index (χ4n) is 3.56. The minimum absolute atomic E-state index is 0.0704. The second kappa shape index (κ2) is 4.93. The van der Waals surface area contributed by atoms with Gasteiger partial charge in [-0.25, -0.2) is 13.1 Å². The first-order chi connectivity index (χ1) is 9.49. The number of sulfonamides is 1. The third-order valence-corrected chi connectivity index (χ3v) is 6.05. The Bertz CT molecular complexity index is 615. The molecule has 0 aromatic heterocycles. The van der Waals surface area contributed by atoms with E-state index in [0.29, 0.717) is 23.3 Å². The number of benzene rings is 1. The van der Waals surface area contributed by atoms with E-state index in [4.69, 9.17) is 10.5 Å². The summed E-state index contributed by atoms with van der Waals surface area (Å²) in [6, 6.07) is 4.69. The average Bonchev–Trinajstić information content (AvgIpc) is 2.99. The highest BCUT2D eigenvalue weighted by Gasteiger charge is 2.41. The molecular formula is C14H20N2O3S.